The second kappa shape index (κ2) is 9.85. The topological polar surface area (TPSA) is 90.9 Å². The maximum Gasteiger partial charge on any atom is 0.253 e. The molecule has 5 rings (SSSR count). The maximum absolute atomic E-state index is 13.0. The standard InChI is InChI=1S/C24H30N4O4S2/c29-21-6-4-5-20-23(21)33-22(25-20)17-26-13-15-27(16-14-26)24(30)18-7-9-19(10-8-18)34(31,32)28-11-2-1-3-12-28/h7-10H,1-6,11-17H2. The van der Waals surface area contributed by atoms with E-state index in [1.165, 1.54) is 11.3 Å². The van der Waals surface area contributed by atoms with Gasteiger partial charge in [0.1, 0.15) is 5.01 Å². The molecule has 1 aromatic carbocycles. The van der Waals surface area contributed by atoms with Crippen molar-refractivity contribution in [1.82, 2.24) is 19.1 Å². The van der Waals surface area contributed by atoms with Gasteiger partial charge in [-0.25, -0.2) is 13.4 Å². The highest BCUT2D eigenvalue weighted by atomic mass is 32.2. The van der Waals surface area contributed by atoms with Crippen molar-refractivity contribution in [3.05, 3.63) is 45.4 Å². The van der Waals surface area contributed by atoms with Gasteiger partial charge >= 0.3 is 0 Å². The molecule has 0 bridgehead atoms. The molecule has 34 heavy (non-hydrogen) atoms. The van der Waals surface area contributed by atoms with E-state index in [4.69, 9.17) is 0 Å². The van der Waals surface area contributed by atoms with Crippen molar-refractivity contribution >= 4 is 33.1 Å². The number of amides is 1. The zero-order valence-corrected chi connectivity index (χ0v) is 20.9. The van der Waals surface area contributed by atoms with Crippen molar-refractivity contribution in [1.29, 1.82) is 0 Å². The summed E-state index contributed by atoms with van der Waals surface area (Å²) in [6.45, 7) is 4.53. The Morgan fingerprint density at radius 1 is 0.912 bits per heavy atom. The molecule has 10 heteroatoms. The minimum atomic E-state index is -3.50. The van der Waals surface area contributed by atoms with Crippen LogP contribution in [0.1, 0.15) is 62.8 Å². The molecule has 2 fully saturated rings. The Labute approximate surface area is 204 Å². The van der Waals surface area contributed by atoms with Gasteiger partial charge in [-0.15, -0.1) is 11.3 Å². The fraction of sp³-hybridized carbons (Fsp3) is 0.542. The number of aryl methyl sites for hydroxylation is 1. The normalized spacial score (nSPS) is 20.4. The monoisotopic (exact) mass is 502 g/mol. The van der Waals surface area contributed by atoms with Crippen LogP contribution in [0.25, 0.3) is 0 Å². The third-order valence-corrected chi connectivity index (χ3v) is 9.92. The van der Waals surface area contributed by atoms with Crippen LogP contribution in [-0.2, 0) is 23.0 Å². The summed E-state index contributed by atoms with van der Waals surface area (Å²) >= 11 is 1.52. The first-order valence-corrected chi connectivity index (χ1v) is 14.3. The smallest absolute Gasteiger partial charge is 0.253 e. The van der Waals surface area contributed by atoms with E-state index in [0.29, 0.717) is 44.7 Å². The average molecular weight is 503 g/mol. The second-order valence-electron chi connectivity index (χ2n) is 9.22. The van der Waals surface area contributed by atoms with Crippen molar-refractivity contribution in [2.45, 2.75) is 50.0 Å². The summed E-state index contributed by atoms with van der Waals surface area (Å²) in [6, 6.07) is 6.36. The largest absolute Gasteiger partial charge is 0.336 e. The van der Waals surface area contributed by atoms with Gasteiger partial charge in [0.05, 0.1) is 22.0 Å². The van der Waals surface area contributed by atoms with E-state index < -0.39 is 10.0 Å². The van der Waals surface area contributed by atoms with Gasteiger partial charge in [0.15, 0.2) is 5.78 Å². The van der Waals surface area contributed by atoms with E-state index in [0.717, 1.165) is 60.8 Å². The molecule has 182 valence electrons. The SMILES string of the molecule is O=C1CCCc2nc(CN3CCN(C(=O)c4ccc(S(=O)(=O)N5CCCCC5)cc4)CC3)sc21. The highest BCUT2D eigenvalue weighted by Gasteiger charge is 2.28. The Morgan fingerprint density at radius 2 is 1.62 bits per heavy atom. The molecule has 2 aromatic rings. The predicted molar refractivity (Wildman–Crippen MR) is 130 cm³/mol. The number of nitrogens with zero attached hydrogens (tertiary/aromatic N) is 4. The number of piperidine rings is 1. The van der Waals surface area contributed by atoms with Crippen LogP contribution >= 0.6 is 11.3 Å². The molecule has 0 saturated carbocycles. The van der Waals surface area contributed by atoms with Crippen LogP contribution < -0.4 is 0 Å². The molecule has 0 unspecified atom stereocenters. The number of carbonyl (C=O) groups is 2. The Morgan fingerprint density at radius 3 is 2.29 bits per heavy atom. The minimum Gasteiger partial charge on any atom is -0.336 e. The molecular formula is C24H30N4O4S2. The molecule has 2 aliphatic heterocycles. The predicted octanol–water partition coefficient (Wildman–Crippen LogP) is 2.79. The van der Waals surface area contributed by atoms with E-state index in [2.05, 4.69) is 9.88 Å². The first-order valence-electron chi connectivity index (χ1n) is 12.1. The molecule has 3 heterocycles. The second-order valence-corrected chi connectivity index (χ2v) is 12.2. The molecule has 0 N–H and O–H groups in total. The molecule has 0 atom stereocenters. The lowest BCUT2D eigenvalue weighted by molar-refractivity contribution is 0.0628. The summed E-state index contributed by atoms with van der Waals surface area (Å²) < 4.78 is 27.2. The third-order valence-electron chi connectivity index (χ3n) is 6.88. The van der Waals surface area contributed by atoms with E-state index >= 15 is 0 Å². The van der Waals surface area contributed by atoms with E-state index in [1.54, 1.807) is 28.6 Å². The van der Waals surface area contributed by atoms with Gasteiger partial charge in [-0.1, -0.05) is 6.42 Å². The Bertz CT molecular complexity index is 1160. The molecule has 1 aliphatic carbocycles. The first-order chi connectivity index (χ1) is 16.4. The summed E-state index contributed by atoms with van der Waals surface area (Å²) in [4.78, 5) is 34.9. The fourth-order valence-electron chi connectivity index (χ4n) is 4.89. The Kier molecular flexibility index (Phi) is 6.83. The van der Waals surface area contributed by atoms with Gasteiger partial charge in [-0.3, -0.25) is 14.5 Å². The zero-order chi connectivity index (χ0) is 23.7. The van der Waals surface area contributed by atoms with Crippen molar-refractivity contribution in [2.24, 2.45) is 0 Å². The zero-order valence-electron chi connectivity index (χ0n) is 19.2. The fourth-order valence-corrected chi connectivity index (χ4v) is 7.53. The minimum absolute atomic E-state index is 0.0723. The number of carbonyl (C=O) groups excluding carboxylic acids is 2. The molecule has 3 aliphatic rings. The summed E-state index contributed by atoms with van der Waals surface area (Å²) in [5.41, 5.74) is 1.47. The van der Waals surface area contributed by atoms with Crippen molar-refractivity contribution in [3.63, 3.8) is 0 Å². The average Bonchev–Trinajstić information content (AvgIpc) is 3.28. The highest BCUT2D eigenvalue weighted by Crippen LogP contribution is 2.28. The summed E-state index contributed by atoms with van der Waals surface area (Å²) in [5.74, 6) is 0.145. The molecule has 1 amide bonds. The number of rotatable bonds is 5. The number of Topliss-reactive ketones (excluding diaryl/α,β-unsaturated/α-hetero) is 1. The van der Waals surface area contributed by atoms with Crippen molar-refractivity contribution in [3.8, 4) is 0 Å². The third kappa shape index (κ3) is 4.82. The number of hydrogen-bond donors (Lipinski definition) is 0. The molecule has 2 saturated heterocycles. The van der Waals surface area contributed by atoms with Gasteiger partial charge in [-0.05, 0) is 49.9 Å². The van der Waals surface area contributed by atoms with E-state index in [-0.39, 0.29) is 16.6 Å². The summed E-state index contributed by atoms with van der Waals surface area (Å²) in [6.07, 6.45) is 5.26. The van der Waals surface area contributed by atoms with E-state index in [9.17, 15) is 18.0 Å². The number of sulfonamides is 1. The Hall–Kier alpha value is -2.14. The van der Waals surface area contributed by atoms with Crippen LogP contribution in [0.4, 0.5) is 0 Å². The van der Waals surface area contributed by atoms with Gasteiger partial charge in [0.25, 0.3) is 5.91 Å². The molecule has 0 radical (unpaired) electrons. The van der Waals surface area contributed by atoms with Crippen LogP contribution in [0.5, 0.6) is 0 Å². The van der Waals surface area contributed by atoms with Crippen LogP contribution in [0, 0.1) is 0 Å². The van der Waals surface area contributed by atoms with Crippen molar-refractivity contribution < 1.29 is 18.0 Å². The number of aromatic nitrogens is 1. The van der Waals surface area contributed by atoms with Gasteiger partial charge in [0.2, 0.25) is 10.0 Å². The Balaban J connectivity index is 1.17. The van der Waals surface area contributed by atoms with Gasteiger partial charge in [0, 0.05) is 51.3 Å². The number of fused-ring (bicyclic) bond motifs is 1. The number of benzene rings is 1. The highest BCUT2D eigenvalue weighted by molar-refractivity contribution is 7.89. The quantitative estimate of drug-likeness (QED) is 0.625. The first kappa shape index (κ1) is 23.6. The van der Waals surface area contributed by atoms with Crippen LogP contribution in [0.15, 0.2) is 29.2 Å². The lowest BCUT2D eigenvalue weighted by Gasteiger charge is -2.34. The van der Waals surface area contributed by atoms with Crippen LogP contribution in [0.2, 0.25) is 0 Å². The lowest BCUT2D eigenvalue weighted by Crippen LogP contribution is -2.48. The number of ketones is 1. The number of thiazole rings is 1. The van der Waals surface area contributed by atoms with Crippen LogP contribution in [-0.4, -0.2) is 78.5 Å². The lowest BCUT2D eigenvalue weighted by atomic mass is 10.0. The number of hydrogen-bond acceptors (Lipinski definition) is 7. The van der Waals surface area contributed by atoms with Gasteiger partial charge in [-0.2, -0.15) is 4.31 Å². The molecular weight excluding hydrogens is 472 g/mol. The van der Waals surface area contributed by atoms with Crippen LogP contribution in [0.3, 0.4) is 0 Å². The van der Waals surface area contributed by atoms with Gasteiger partial charge < -0.3 is 4.90 Å². The maximum atomic E-state index is 13.0. The summed E-state index contributed by atoms with van der Waals surface area (Å²) in [7, 11) is -3.50. The van der Waals surface area contributed by atoms with E-state index in [1.807, 2.05) is 4.90 Å². The molecule has 0 spiro atoms. The van der Waals surface area contributed by atoms with Crippen molar-refractivity contribution in [2.75, 3.05) is 39.3 Å². The number of piperazine rings is 1. The summed E-state index contributed by atoms with van der Waals surface area (Å²) in [5, 5.41) is 0.977. The molecule has 8 nitrogen and oxygen atoms in total. The molecule has 1 aromatic heterocycles.